The molecule has 1 aromatic rings. The van der Waals surface area contributed by atoms with Gasteiger partial charge in [0.2, 0.25) is 0 Å². The van der Waals surface area contributed by atoms with Crippen LogP contribution in [0.2, 0.25) is 0 Å². The Labute approximate surface area is 80.1 Å². The topological polar surface area (TPSA) is 52.0 Å². The molecule has 0 spiro atoms. The number of aryl methyl sites for hydroxylation is 1. The molecule has 4 N–H and O–H groups in total. The number of halogens is 1. The van der Waals surface area contributed by atoms with Gasteiger partial charge in [-0.15, -0.1) is 0 Å². The zero-order valence-electron chi connectivity index (χ0n) is 6.34. The second-order valence-electron chi connectivity index (χ2n) is 2.55. The maximum absolute atomic E-state index is 5.54. The molecular formula is C8H11IN2. The van der Waals surface area contributed by atoms with Crippen LogP contribution < -0.4 is 11.5 Å². The van der Waals surface area contributed by atoms with Gasteiger partial charge in [-0.1, -0.05) is 17.7 Å². The Morgan fingerprint density at radius 3 is 2.45 bits per heavy atom. The maximum atomic E-state index is 5.54. The fourth-order valence-electron chi connectivity index (χ4n) is 0.902. The highest BCUT2D eigenvalue weighted by molar-refractivity contribution is 14.1. The molecule has 0 unspecified atom stereocenters. The van der Waals surface area contributed by atoms with Crippen LogP contribution in [0.15, 0.2) is 18.2 Å². The Bertz CT molecular complexity index is 258. The van der Waals surface area contributed by atoms with Crippen LogP contribution in [0, 0.1) is 10.5 Å². The first-order chi connectivity index (χ1) is 5.11. The summed E-state index contributed by atoms with van der Waals surface area (Å²) in [5, 5.41) is 0. The minimum atomic E-state index is -0.359. The molecule has 0 fully saturated rings. The average molecular weight is 262 g/mol. The SMILES string of the molecule is Cc1ccc(C(N)N)c(I)c1. The Balaban J connectivity index is 3.09. The summed E-state index contributed by atoms with van der Waals surface area (Å²) in [4.78, 5) is 0. The number of hydrogen-bond acceptors (Lipinski definition) is 2. The first kappa shape index (κ1) is 8.96. The smallest absolute Gasteiger partial charge is 0.0795 e. The highest BCUT2D eigenvalue weighted by Crippen LogP contribution is 2.16. The lowest BCUT2D eigenvalue weighted by Crippen LogP contribution is -2.21. The van der Waals surface area contributed by atoms with Gasteiger partial charge in [0.1, 0.15) is 0 Å². The van der Waals surface area contributed by atoms with Crippen molar-refractivity contribution in [1.82, 2.24) is 0 Å². The molecule has 0 bridgehead atoms. The van der Waals surface area contributed by atoms with Crippen molar-refractivity contribution in [3.63, 3.8) is 0 Å². The van der Waals surface area contributed by atoms with E-state index in [1.807, 2.05) is 19.1 Å². The van der Waals surface area contributed by atoms with Crippen molar-refractivity contribution >= 4 is 22.6 Å². The molecule has 11 heavy (non-hydrogen) atoms. The van der Waals surface area contributed by atoms with Crippen molar-refractivity contribution in [3.05, 3.63) is 32.9 Å². The zero-order valence-corrected chi connectivity index (χ0v) is 8.50. The fraction of sp³-hybridized carbons (Fsp3) is 0.250. The Morgan fingerprint density at radius 2 is 2.00 bits per heavy atom. The standard InChI is InChI=1S/C8H11IN2/c1-5-2-3-6(8(10)11)7(9)4-5/h2-4,8H,10-11H2,1H3. The molecule has 0 aromatic heterocycles. The number of rotatable bonds is 1. The van der Waals surface area contributed by atoms with Crippen LogP contribution in [-0.4, -0.2) is 0 Å². The van der Waals surface area contributed by atoms with Gasteiger partial charge in [-0.2, -0.15) is 0 Å². The summed E-state index contributed by atoms with van der Waals surface area (Å²) in [7, 11) is 0. The summed E-state index contributed by atoms with van der Waals surface area (Å²) >= 11 is 2.24. The lowest BCUT2D eigenvalue weighted by atomic mass is 10.1. The molecule has 0 aliphatic carbocycles. The predicted molar refractivity (Wildman–Crippen MR) is 55.0 cm³/mol. The summed E-state index contributed by atoms with van der Waals surface area (Å²) < 4.78 is 1.14. The summed E-state index contributed by atoms with van der Waals surface area (Å²) in [5.74, 6) is 0. The second kappa shape index (κ2) is 3.51. The molecule has 60 valence electrons. The van der Waals surface area contributed by atoms with E-state index < -0.39 is 0 Å². The molecule has 0 aliphatic heterocycles. The van der Waals surface area contributed by atoms with Gasteiger partial charge in [0.25, 0.3) is 0 Å². The molecule has 0 heterocycles. The van der Waals surface area contributed by atoms with Crippen molar-refractivity contribution in [2.75, 3.05) is 0 Å². The average Bonchev–Trinajstić information content (AvgIpc) is 1.85. The van der Waals surface area contributed by atoms with Gasteiger partial charge in [0.15, 0.2) is 0 Å². The van der Waals surface area contributed by atoms with Crippen molar-refractivity contribution < 1.29 is 0 Å². The molecule has 0 saturated carbocycles. The first-order valence-corrected chi connectivity index (χ1v) is 4.46. The van der Waals surface area contributed by atoms with Crippen LogP contribution in [0.4, 0.5) is 0 Å². The quantitative estimate of drug-likeness (QED) is 0.595. The zero-order chi connectivity index (χ0) is 8.43. The molecule has 3 heteroatoms. The molecule has 0 amide bonds. The molecule has 0 saturated heterocycles. The highest BCUT2D eigenvalue weighted by Gasteiger charge is 2.03. The second-order valence-corrected chi connectivity index (χ2v) is 3.71. The van der Waals surface area contributed by atoms with E-state index in [-0.39, 0.29) is 6.17 Å². The van der Waals surface area contributed by atoms with Gasteiger partial charge in [-0.3, -0.25) is 0 Å². The largest absolute Gasteiger partial charge is 0.312 e. The van der Waals surface area contributed by atoms with E-state index in [4.69, 9.17) is 11.5 Å². The summed E-state index contributed by atoms with van der Waals surface area (Å²) in [5.41, 5.74) is 13.3. The summed E-state index contributed by atoms with van der Waals surface area (Å²) in [6.07, 6.45) is -0.359. The predicted octanol–water partition coefficient (Wildman–Crippen LogP) is 1.52. The Morgan fingerprint density at radius 1 is 1.36 bits per heavy atom. The van der Waals surface area contributed by atoms with Crippen molar-refractivity contribution in [2.45, 2.75) is 13.1 Å². The van der Waals surface area contributed by atoms with Gasteiger partial charge in [0, 0.05) is 3.57 Å². The monoisotopic (exact) mass is 262 g/mol. The Hall–Kier alpha value is -0.130. The van der Waals surface area contributed by atoms with Gasteiger partial charge in [-0.25, -0.2) is 0 Å². The van der Waals surface area contributed by atoms with Crippen molar-refractivity contribution in [2.24, 2.45) is 11.5 Å². The van der Waals surface area contributed by atoms with Crippen LogP contribution >= 0.6 is 22.6 Å². The van der Waals surface area contributed by atoms with Crippen LogP contribution in [0.1, 0.15) is 17.3 Å². The minimum Gasteiger partial charge on any atom is -0.312 e. The van der Waals surface area contributed by atoms with Crippen molar-refractivity contribution in [1.29, 1.82) is 0 Å². The fourth-order valence-corrected chi connectivity index (χ4v) is 1.93. The van der Waals surface area contributed by atoms with E-state index in [9.17, 15) is 0 Å². The third-order valence-electron chi connectivity index (χ3n) is 1.52. The normalized spacial score (nSPS) is 10.6. The van der Waals surface area contributed by atoms with Crippen LogP contribution in [0.25, 0.3) is 0 Å². The van der Waals surface area contributed by atoms with E-state index in [1.54, 1.807) is 0 Å². The van der Waals surface area contributed by atoms with Gasteiger partial charge in [-0.05, 0) is 41.1 Å². The van der Waals surface area contributed by atoms with Gasteiger partial charge >= 0.3 is 0 Å². The van der Waals surface area contributed by atoms with E-state index in [0.29, 0.717) is 0 Å². The lowest BCUT2D eigenvalue weighted by molar-refractivity contribution is 0.768. The summed E-state index contributed by atoms with van der Waals surface area (Å²) in [6.45, 7) is 2.05. The summed E-state index contributed by atoms with van der Waals surface area (Å²) in [6, 6.07) is 6.06. The van der Waals surface area contributed by atoms with Crippen molar-refractivity contribution in [3.8, 4) is 0 Å². The Kier molecular flexibility index (Phi) is 2.86. The first-order valence-electron chi connectivity index (χ1n) is 3.38. The molecule has 1 rings (SSSR count). The minimum absolute atomic E-state index is 0.359. The molecule has 2 nitrogen and oxygen atoms in total. The number of hydrogen-bond donors (Lipinski definition) is 2. The van der Waals surface area contributed by atoms with Gasteiger partial charge < -0.3 is 11.5 Å². The van der Waals surface area contributed by atoms with E-state index in [0.717, 1.165) is 9.13 Å². The highest BCUT2D eigenvalue weighted by atomic mass is 127. The molecular weight excluding hydrogens is 251 g/mol. The molecule has 1 aromatic carbocycles. The van der Waals surface area contributed by atoms with E-state index in [1.165, 1.54) is 5.56 Å². The van der Waals surface area contributed by atoms with Crippen LogP contribution in [0.5, 0.6) is 0 Å². The molecule has 0 aliphatic rings. The third kappa shape index (κ3) is 2.15. The molecule has 0 atom stereocenters. The number of benzene rings is 1. The number of nitrogens with two attached hydrogens (primary N) is 2. The van der Waals surface area contributed by atoms with Gasteiger partial charge in [0.05, 0.1) is 6.17 Å². The third-order valence-corrected chi connectivity index (χ3v) is 2.45. The maximum Gasteiger partial charge on any atom is 0.0795 e. The van der Waals surface area contributed by atoms with E-state index in [2.05, 4.69) is 28.7 Å². The van der Waals surface area contributed by atoms with Crippen LogP contribution in [-0.2, 0) is 0 Å². The lowest BCUT2D eigenvalue weighted by Gasteiger charge is -2.08. The van der Waals surface area contributed by atoms with E-state index >= 15 is 0 Å². The van der Waals surface area contributed by atoms with Crippen LogP contribution in [0.3, 0.4) is 0 Å². The molecule has 0 radical (unpaired) electrons.